The second-order valence-electron chi connectivity index (χ2n) is 8.73. The van der Waals surface area contributed by atoms with Gasteiger partial charge in [-0.05, 0) is 48.4 Å². The van der Waals surface area contributed by atoms with Gasteiger partial charge in [0, 0.05) is 18.1 Å². The summed E-state index contributed by atoms with van der Waals surface area (Å²) in [6.07, 6.45) is 1.48. The Labute approximate surface area is 199 Å². The van der Waals surface area contributed by atoms with Crippen molar-refractivity contribution in [3.63, 3.8) is 0 Å². The monoisotopic (exact) mass is 469 g/mol. The zero-order chi connectivity index (χ0) is 24.3. The minimum Gasteiger partial charge on any atom is -0.410 e. The minimum atomic E-state index is -0.798. The van der Waals surface area contributed by atoms with E-state index in [0.717, 1.165) is 4.90 Å². The van der Waals surface area contributed by atoms with Crippen molar-refractivity contribution in [3.8, 4) is 11.8 Å². The third-order valence-corrected chi connectivity index (χ3v) is 6.92. The van der Waals surface area contributed by atoms with Crippen molar-refractivity contribution in [1.82, 2.24) is 14.8 Å². The maximum absolute atomic E-state index is 13.6. The van der Waals surface area contributed by atoms with Gasteiger partial charge in [-0.2, -0.15) is 5.26 Å². The molecule has 174 valence electrons. The van der Waals surface area contributed by atoms with Gasteiger partial charge in [0.15, 0.2) is 0 Å². The number of imide groups is 1. The lowest BCUT2D eigenvalue weighted by Gasteiger charge is -2.34. The molecule has 3 aliphatic heterocycles. The molecule has 35 heavy (non-hydrogen) atoms. The number of carbonyl (C=O) groups is 3. The third kappa shape index (κ3) is 3.05. The topological polar surface area (TPSA) is 127 Å². The molecule has 3 atom stereocenters. The van der Waals surface area contributed by atoms with Gasteiger partial charge < -0.3 is 19.6 Å². The van der Waals surface area contributed by atoms with Crippen molar-refractivity contribution in [1.29, 1.82) is 5.26 Å². The lowest BCUT2D eigenvalue weighted by molar-refractivity contribution is -0.121. The summed E-state index contributed by atoms with van der Waals surface area (Å²) in [5.74, 6) is -0.0824. The van der Waals surface area contributed by atoms with Crippen LogP contribution in [0.15, 0.2) is 54.7 Å². The fraction of sp³-hybridized carbons (Fsp3) is 0.240. The summed E-state index contributed by atoms with van der Waals surface area (Å²) in [6, 6.07) is 13.1. The number of amides is 4. The average Bonchev–Trinajstić information content (AvgIpc) is 3.55. The number of nitrogens with zero attached hydrogens (tertiary/aromatic N) is 5. The number of piperazine rings is 1. The zero-order valence-electron chi connectivity index (χ0n) is 18.4. The van der Waals surface area contributed by atoms with Crippen LogP contribution in [0.2, 0.25) is 0 Å². The molecule has 3 aliphatic rings. The molecule has 6 rings (SSSR count). The highest BCUT2D eigenvalue weighted by molar-refractivity contribution is 6.25. The number of hydrogen-bond acceptors (Lipinski definition) is 7. The van der Waals surface area contributed by atoms with Crippen LogP contribution in [0.25, 0.3) is 10.9 Å². The number of hydrogen-bond donors (Lipinski definition) is 1. The van der Waals surface area contributed by atoms with E-state index in [0.29, 0.717) is 39.9 Å². The number of benzene rings is 2. The number of likely N-dealkylation sites (tertiary alicyclic amines) is 1. The van der Waals surface area contributed by atoms with Crippen LogP contribution in [-0.4, -0.2) is 62.6 Å². The van der Waals surface area contributed by atoms with E-state index >= 15 is 0 Å². The fourth-order valence-electron chi connectivity index (χ4n) is 5.35. The van der Waals surface area contributed by atoms with E-state index in [2.05, 4.69) is 11.1 Å². The van der Waals surface area contributed by atoms with Gasteiger partial charge in [-0.1, -0.05) is 12.1 Å². The van der Waals surface area contributed by atoms with E-state index in [1.165, 1.54) is 4.90 Å². The van der Waals surface area contributed by atoms with Crippen LogP contribution in [0.1, 0.15) is 17.5 Å². The third-order valence-electron chi connectivity index (χ3n) is 6.92. The van der Waals surface area contributed by atoms with Gasteiger partial charge in [0.25, 0.3) is 5.91 Å². The van der Waals surface area contributed by atoms with Crippen molar-refractivity contribution in [3.05, 3.63) is 65.9 Å². The number of ether oxygens (including phenoxy) is 1. The number of pyridine rings is 1. The van der Waals surface area contributed by atoms with Gasteiger partial charge in [-0.25, -0.2) is 14.5 Å². The molecule has 0 radical (unpaired) electrons. The number of aliphatic hydroxyl groups is 1. The molecule has 3 fully saturated rings. The number of aromatic nitrogens is 1. The Morgan fingerprint density at radius 2 is 1.97 bits per heavy atom. The minimum absolute atomic E-state index is 0.112. The summed E-state index contributed by atoms with van der Waals surface area (Å²) >= 11 is 0. The molecule has 4 amide bonds. The van der Waals surface area contributed by atoms with Crippen molar-refractivity contribution in [2.45, 2.75) is 31.2 Å². The summed E-state index contributed by atoms with van der Waals surface area (Å²) < 4.78 is 5.49. The SMILES string of the molecule is N#Cc1ccc(N2C(=O)[C@H]3C4C[C@H](CN4C(=O)Oc4ccc(CO)cc4)N3C2=O)c2cccnc12. The molecule has 10 nitrogen and oxygen atoms in total. The van der Waals surface area contributed by atoms with E-state index < -0.39 is 30.1 Å². The van der Waals surface area contributed by atoms with Gasteiger partial charge in [0.05, 0.1) is 35.5 Å². The van der Waals surface area contributed by atoms with E-state index in [4.69, 9.17) is 4.74 Å². The predicted molar refractivity (Wildman–Crippen MR) is 122 cm³/mol. The van der Waals surface area contributed by atoms with E-state index in [1.54, 1.807) is 59.6 Å². The lowest BCUT2D eigenvalue weighted by atomic mass is 10.1. The lowest BCUT2D eigenvalue weighted by Crippen LogP contribution is -2.55. The average molecular weight is 469 g/mol. The van der Waals surface area contributed by atoms with Crippen LogP contribution in [-0.2, 0) is 11.4 Å². The van der Waals surface area contributed by atoms with Crippen molar-refractivity contribution < 1.29 is 24.2 Å². The van der Waals surface area contributed by atoms with Crippen molar-refractivity contribution in [2.24, 2.45) is 0 Å². The molecule has 1 N–H and O–H groups in total. The van der Waals surface area contributed by atoms with Crippen LogP contribution in [0.5, 0.6) is 5.75 Å². The Morgan fingerprint density at radius 1 is 1.17 bits per heavy atom. The number of aliphatic hydroxyl groups excluding tert-OH is 1. The van der Waals surface area contributed by atoms with Crippen LogP contribution in [0.3, 0.4) is 0 Å². The standard InChI is InChI=1S/C25H19N5O5/c26-11-15-5-8-19(18-2-1-9-27-21(15)18)30-23(32)22-20-10-16(29(22)24(30)33)12-28(20)25(34)35-17-6-3-14(13-31)4-7-17/h1-9,16,20,22,31H,10,12-13H2/t16-,20?,22-/m1/s1. The number of nitriles is 1. The van der Waals surface area contributed by atoms with Crippen LogP contribution >= 0.6 is 0 Å². The van der Waals surface area contributed by atoms with E-state index in [9.17, 15) is 24.8 Å². The Morgan fingerprint density at radius 3 is 2.71 bits per heavy atom. The zero-order valence-corrected chi connectivity index (χ0v) is 18.4. The molecule has 3 saturated heterocycles. The Bertz CT molecular complexity index is 1430. The molecule has 1 unspecified atom stereocenters. The maximum Gasteiger partial charge on any atom is 0.415 e. The molecule has 0 aliphatic carbocycles. The van der Waals surface area contributed by atoms with E-state index in [1.807, 2.05) is 0 Å². The molecular formula is C25H19N5O5. The molecule has 10 heteroatoms. The number of carbonyl (C=O) groups excluding carboxylic acids is 3. The molecule has 0 spiro atoms. The van der Waals surface area contributed by atoms with Crippen LogP contribution in [0, 0.1) is 11.3 Å². The number of anilines is 1. The largest absolute Gasteiger partial charge is 0.415 e. The number of rotatable bonds is 3. The highest BCUT2D eigenvalue weighted by Crippen LogP contribution is 2.43. The van der Waals surface area contributed by atoms with Crippen molar-refractivity contribution in [2.75, 3.05) is 11.4 Å². The van der Waals surface area contributed by atoms with Gasteiger partial charge in [0.2, 0.25) is 0 Å². The van der Waals surface area contributed by atoms with Crippen LogP contribution < -0.4 is 9.64 Å². The highest BCUT2D eigenvalue weighted by Gasteiger charge is 2.63. The first-order valence-corrected chi connectivity index (χ1v) is 11.1. The Hall–Kier alpha value is -4.49. The summed E-state index contributed by atoms with van der Waals surface area (Å²) in [5.41, 5.74) is 1.83. The highest BCUT2D eigenvalue weighted by atomic mass is 16.6. The molecule has 0 saturated carbocycles. The molecule has 2 aromatic carbocycles. The quantitative estimate of drug-likeness (QED) is 0.584. The predicted octanol–water partition coefficient (Wildman–Crippen LogP) is 2.39. The summed E-state index contributed by atoms with van der Waals surface area (Å²) in [6.45, 7) is 0.163. The second-order valence-corrected chi connectivity index (χ2v) is 8.73. The van der Waals surface area contributed by atoms with Gasteiger partial charge >= 0.3 is 12.1 Å². The molecule has 1 aromatic heterocycles. The number of urea groups is 1. The molecule has 2 bridgehead atoms. The second kappa shape index (κ2) is 7.78. The van der Waals surface area contributed by atoms with Crippen molar-refractivity contribution >= 4 is 34.6 Å². The summed E-state index contributed by atoms with van der Waals surface area (Å²) in [7, 11) is 0. The molecular weight excluding hydrogens is 450 g/mol. The smallest absolute Gasteiger partial charge is 0.410 e. The molecule has 4 heterocycles. The first kappa shape index (κ1) is 21.1. The Kier molecular flexibility index (Phi) is 4.69. The van der Waals surface area contributed by atoms with Gasteiger partial charge in [-0.15, -0.1) is 0 Å². The van der Waals surface area contributed by atoms with Gasteiger partial charge in [0.1, 0.15) is 17.9 Å². The summed E-state index contributed by atoms with van der Waals surface area (Å²) in [4.78, 5) is 48.4. The first-order chi connectivity index (χ1) is 17.0. The maximum atomic E-state index is 13.6. The number of fused-ring (bicyclic) bond motifs is 6. The fourth-order valence-corrected chi connectivity index (χ4v) is 5.35. The Balaban J connectivity index is 1.28. The van der Waals surface area contributed by atoms with Gasteiger partial charge in [-0.3, -0.25) is 9.78 Å². The summed E-state index contributed by atoms with van der Waals surface area (Å²) in [5, 5.41) is 19.1. The van der Waals surface area contributed by atoms with Crippen LogP contribution in [0.4, 0.5) is 15.3 Å². The van der Waals surface area contributed by atoms with E-state index in [-0.39, 0.29) is 19.2 Å². The first-order valence-electron chi connectivity index (χ1n) is 11.1. The molecule has 3 aromatic rings. The normalized spacial score (nSPS) is 22.6.